The third-order valence-electron chi connectivity index (χ3n) is 4.71. The van der Waals surface area contributed by atoms with Crippen LogP contribution < -0.4 is 14.8 Å². The van der Waals surface area contributed by atoms with Crippen molar-refractivity contribution in [2.24, 2.45) is 0 Å². The van der Waals surface area contributed by atoms with Crippen molar-refractivity contribution in [1.29, 1.82) is 0 Å². The lowest BCUT2D eigenvalue weighted by Crippen LogP contribution is -2.40. The van der Waals surface area contributed by atoms with Crippen LogP contribution in [0, 0.1) is 6.92 Å². The van der Waals surface area contributed by atoms with Crippen LogP contribution in [-0.2, 0) is 21.4 Å². The van der Waals surface area contributed by atoms with Gasteiger partial charge in [-0.25, -0.2) is 8.42 Å². The van der Waals surface area contributed by atoms with Crippen molar-refractivity contribution in [2.75, 3.05) is 26.0 Å². The topological polar surface area (TPSA) is 84.9 Å². The van der Waals surface area contributed by atoms with Gasteiger partial charge < -0.3 is 14.8 Å². The van der Waals surface area contributed by atoms with E-state index in [9.17, 15) is 13.2 Å². The molecule has 2 aromatic rings. The molecule has 156 valence electrons. The first-order valence-corrected chi connectivity index (χ1v) is 11.3. The Morgan fingerprint density at radius 2 is 1.76 bits per heavy atom. The summed E-state index contributed by atoms with van der Waals surface area (Å²) in [4.78, 5) is 12.5. The third kappa shape index (κ3) is 5.71. The zero-order valence-corrected chi connectivity index (χ0v) is 17.7. The molecule has 1 aliphatic rings. The predicted octanol–water partition coefficient (Wildman–Crippen LogP) is 2.41. The fraction of sp³-hybridized carbons (Fsp3) is 0.381. The number of hydrogen-bond acceptors (Lipinski definition) is 5. The molecule has 1 amide bonds. The van der Waals surface area contributed by atoms with Gasteiger partial charge in [-0.2, -0.15) is 4.31 Å². The second kappa shape index (κ2) is 8.84. The van der Waals surface area contributed by atoms with E-state index in [2.05, 4.69) is 5.32 Å². The Labute approximate surface area is 171 Å². The number of aryl methyl sites for hydroxylation is 1. The van der Waals surface area contributed by atoms with Crippen LogP contribution in [0.25, 0.3) is 0 Å². The van der Waals surface area contributed by atoms with E-state index in [0.717, 1.165) is 22.9 Å². The molecule has 0 aromatic heterocycles. The summed E-state index contributed by atoms with van der Waals surface area (Å²) in [6.07, 6.45) is 1.11. The van der Waals surface area contributed by atoms with Gasteiger partial charge in [-0.1, -0.05) is 35.9 Å². The van der Waals surface area contributed by atoms with Crippen molar-refractivity contribution >= 4 is 15.9 Å². The Hall–Kier alpha value is -2.58. The van der Waals surface area contributed by atoms with Gasteiger partial charge in [0.05, 0.1) is 18.8 Å². The molecule has 1 aliphatic heterocycles. The zero-order valence-electron chi connectivity index (χ0n) is 16.8. The SMILES string of the molecule is Cc1ccc(CN(CC(=O)N[C@@H](C)c2ccc3c(c2)OCCO3)S(C)(=O)=O)cc1. The molecule has 0 unspecified atom stereocenters. The molecule has 0 aliphatic carbocycles. The molecule has 7 nitrogen and oxygen atoms in total. The minimum atomic E-state index is -3.54. The molecule has 2 aromatic carbocycles. The minimum absolute atomic E-state index is 0.144. The number of fused-ring (bicyclic) bond motifs is 1. The summed E-state index contributed by atoms with van der Waals surface area (Å²) >= 11 is 0. The number of carbonyl (C=O) groups is 1. The van der Waals surface area contributed by atoms with Crippen LogP contribution in [0.2, 0.25) is 0 Å². The van der Waals surface area contributed by atoms with Gasteiger partial charge in [0.25, 0.3) is 0 Å². The summed E-state index contributed by atoms with van der Waals surface area (Å²) < 4.78 is 36.6. The molecule has 29 heavy (non-hydrogen) atoms. The largest absolute Gasteiger partial charge is 0.486 e. The van der Waals surface area contributed by atoms with Crippen molar-refractivity contribution < 1.29 is 22.7 Å². The van der Waals surface area contributed by atoms with E-state index >= 15 is 0 Å². The molecule has 1 N–H and O–H groups in total. The third-order valence-corrected chi connectivity index (χ3v) is 5.91. The molecule has 0 bridgehead atoms. The number of nitrogens with zero attached hydrogens (tertiary/aromatic N) is 1. The van der Waals surface area contributed by atoms with E-state index in [1.807, 2.05) is 56.3 Å². The summed E-state index contributed by atoms with van der Waals surface area (Å²) in [7, 11) is -3.54. The number of ether oxygens (including phenoxy) is 2. The first-order valence-electron chi connectivity index (χ1n) is 9.42. The monoisotopic (exact) mass is 418 g/mol. The van der Waals surface area contributed by atoms with Crippen LogP contribution in [0.5, 0.6) is 11.5 Å². The Kier molecular flexibility index (Phi) is 6.44. The number of sulfonamides is 1. The zero-order chi connectivity index (χ0) is 21.0. The number of hydrogen-bond donors (Lipinski definition) is 1. The Bertz CT molecular complexity index is 973. The summed E-state index contributed by atoms with van der Waals surface area (Å²) in [6, 6.07) is 12.8. The van der Waals surface area contributed by atoms with Gasteiger partial charge in [-0.3, -0.25) is 4.79 Å². The van der Waals surface area contributed by atoms with E-state index in [-0.39, 0.29) is 25.0 Å². The number of benzene rings is 2. The highest BCUT2D eigenvalue weighted by molar-refractivity contribution is 7.88. The van der Waals surface area contributed by atoms with Crippen LogP contribution in [0.1, 0.15) is 29.7 Å². The predicted molar refractivity (Wildman–Crippen MR) is 110 cm³/mol. The maximum atomic E-state index is 12.5. The highest BCUT2D eigenvalue weighted by Gasteiger charge is 2.22. The fourth-order valence-electron chi connectivity index (χ4n) is 3.05. The normalized spacial score (nSPS) is 14.5. The average Bonchev–Trinajstić information content (AvgIpc) is 2.68. The van der Waals surface area contributed by atoms with E-state index in [1.54, 1.807) is 0 Å². The fourth-order valence-corrected chi connectivity index (χ4v) is 3.78. The molecule has 8 heteroatoms. The van der Waals surface area contributed by atoms with Crippen LogP contribution in [0.3, 0.4) is 0 Å². The van der Waals surface area contributed by atoms with E-state index in [1.165, 1.54) is 4.31 Å². The molecule has 3 rings (SSSR count). The van der Waals surface area contributed by atoms with Crippen molar-refractivity contribution in [3.05, 3.63) is 59.2 Å². The number of carbonyl (C=O) groups excluding carboxylic acids is 1. The van der Waals surface area contributed by atoms with Crippen LogP contribution in [0.15, 0.2) is 42.5 Å². The van der Waals surface area contributed by atoms with Gasteiger partial charge in [0.15, 0.2) is 11.5 Å². The molecule has 0 saturated carbocycles. The van der Waals surface area contributed by atoms with Gasteiger partial charge in [0.2, 0.25) is 15.9 Å². The maximum absolute atomic E-state index is 12.5. The summed E-state index contributed by atoms with van der Waals surface area (Å²) in [5, 5.41) is 2.86. The Morgan fingerprint density at radius 1 is 1.10 bits per heavy atom. The molecule has 0 radical (unpaired) electrons. The van der Waals surface area contributed by atoms with Gasteiger partial charge in [-0.15, -0.1) is 0 Å². The Balaban J connectivity index is 1.65. The molecular formula is C21H26N2O5S. The summed E-state index contributed by atoms with van der Waals surface area (Å²) in [6.45, 7) is 4.70. The van der Waals surface area contributed by atoms with Crippen LogP contribution in [-0.4, -0.2) is 44.6 Å². The lowest BCUT2D eigenvalue weighted by atomic mass is 10.1. The smallest absolute Gasteiger partial charge is 0.235 e. The second-order valence-corrected chi connectivity index (χ2v) is 9.19. The first kappa shape index (κ1) is 21.1. The standard InChI is InChI=1S/C21H26N2O5S/c1-15-4-6-17(7-5-15)13-23(29(3,25)26)14-21(24)22-16(2)18-8-9-19-20(12-18)28-11-10-27-19/h4-9,12,16H,10-11,13-14H2,1-3H3,(H,22,24)/t16-/m0/s1. The molecule has 0 fully saturated rings. The molecule has 1 atom stereocenters. The minimum Gasteiger partial charge on any atom is -0.486 e. The highest BCUT2D eigenvalue weighted by atomic mass is 32.2. The molecule has 0 spiro atoms. The molecule has 1 heterocycles. The van der Waals surface area contributed by atoms with Crippen molar-refractivity contribution in [3.8, 4) is 11.5 Å². The average molecular weight is 419 g/mol. The first-order chi connectivity index (χ1) is 13.7. The Morgan fingerprint density at radius 3 is 2.41 bits per heavy atom. The van der Waals surface area contributed by atoms with Crippen LogP contribution >= 0.6 is 0 Å². The summed E-state index contributed by atoms with van der Waals surface area (Å²) in [5.41, 5.74) is 2.77. The second-order valence-electron chi connectivity index (χ2n) is 7.21. The lowest BCUT2D eigenvalue weighted by molar-refractivity contribution is -0.122. The van der Waals surface area contributed by atoms with E-state index in [0.29, 0.717) is 24.7 Å². The number of rotatable bonds is 7. The number of nitrogens with one attached hydrogen (secondary N) is 1. The van der Waals surface area contributed by atoms with Crippen molar-refractivity contribution in [3.63, 3.8) is 0 Å². The van der Waals surface area contributed by atoms with Gasteiger partial charge in [0.1, 0.15) is 13.2 Å². The number of amides is 1. The summed E-state index contributed by atoms with van der Waals surface area (Å²) in [5.74, 6) is 0.955. The molecule has 0 saturated heterocycles. The molecular weight excluding hydrogens is 392 g/mol. The van der Waals surface area contributed by atoms with Crippen LogP contribution in [0.4, 0.5) is 0 Å². The van der Waals surface area contributed by atoms with Gasteiger partial charge >= 0.3 is 0 Å². The highest BCUT2D eigenvalue weighted by Crippen LogP contribution is 2.32. The quantitative estimate of drug-likeness (QED) is 0.746. The maximum Gasteiger partial charge on any atom is 0.235 e. The lowest BCUT2D eigenvalue weighted by Gasteiger charge is -2.23. The van der Waals surface area contributed by atoms with E-state index in [4.69, 9.17) is 9.47 Å². The van der Waals surface area contributed by atoms with Crippen molar-refractivity contribution in [1.82, 2.24) is 9.62 Å². The van der Waals surface area contributed by atoms with E-state index < -0.39 is 10.0 Å². The van der Waals surface area contributed by atoms with Gasteiger partial charge in [-0.05, 0) is 37.1 Å². The van der Waals surface area contributed by atoms with Crippen molar-refractivity contribution in [2.45, 2.75) is 26.4 Å². The van der Waals surface area contributed by atoms with Gasteiger partial charge in [0, 0.05) is 6.54 Å².